The fourth-order valence-electron chi connectivity index (χ4n) is 2.69. The summed E-state index contributed by atoms with van der Waals surface area (Å²) in [7, 11) is 3.11. The van der Waals surface area contributed by atoms with E-state index in [9.17, 15) is 9.59 Å². The number of anilines is 1. The van der Waals surface area contributed by atoms with Gasteiger partial charge in [0.1, 0.15) is 12.4 Å². The van der Waals surface area contributed by atoms with Crippen molar-refractivity contribution in [3.8, 4) is 22.8 Å². The van der Waals surface area contributed by atoms with Crippen LogP contribution in [0.15, 0.2) is 24.3 Å². The average molecular weight is 331 g/mol. The van der Waals surface area contributed by atoms with Gasteiger partial charge in [-0.25, -0.2) is 4.68 Å². The van der Waals surface area contributed by atoms with Crippen LogP contribution in [-0.2, 0) is 16.1 Å². The van der Waals surface area contributed by atoms with Crippen molar-refractivity contribution in [2.24, 2.45) is 0 Å². The van der Waals surface area contributed by atoms with Crippen molar-refractivity contribution in [1.29, 1.82) is 0 Å². The van der Waals surface area contributed by atoms with Gasteiger partial charge in [0.25, 0.3) is 0 Å². The van der Waals surface area contributed by atoms with Gasteiger partial charge in [0, 0.05) is 18.1 Å². The molecule has 24 heavy (non-hydrogen) atoms. The number of amides is 1. The Balaban J connectivity index is 2.00. The third kappa shape index (κ3) is 2.78. The zero-order valence-corrected chi connectivity index (χ0v) is 13.4. The first-order valence-corrected chi connectivity index (χ1v) is 7.36. The molecular formula is C16H17N3O5. The number of nitrogens with zero attached hydrogens (tertiary/aromatic N) is 3. The molecule has 1 amide bonds. The summed E-state index contributed by atoms with van der Waals surface area (Å²) in [5, 5.41) is 13.5. The number of rotatable bonds is 5. The second-order valence-electron chi connectivity index (χ2n) is 5.30. The van der Waals surface area contributed by atoms with Crippen LogP contribution >= 0.6 is 0 Å². The molecule has 0 fully saturated rings. The topological polar surface area (TPSA) is 93.9 Å². The molecule has 0 saturated carbocycles. The second kappa shape index (κ2) is 6.23. The number of hydrogen-bond donors (Lipinski definition) is 1. The van der Waals surface area contributed by atoms with Crippen LogP contribution in [0.2, 0.25) is 0 Å². The van der Waals surface area contributed by atoms with Crippen LogP contribution in [-0.4, -0.2) is 47.5 Å². The van der Waals surface area contributed by atoms with Gasteiger partial charge in [-0.15, -0.1) is 0 Å². The number of methoxy groups -OCH3 is 2. The number of benzene rings is 1. The Hall–Kier alpha value is -3.03. The minimum absolute atomic E-state index is 0.219. The molecule has 1 aliphatic heterocycles. The number of carboxylic acids is 1. The van der Waals surface area contributed by atoms with Gasteiger partial charge in [-0.05, 0) is 18.2 Å². The lowest BCUT2D eigenvalue weighted by atomic mass is 10.1. The van der Waals surface area contributed by atoms with E-state index < -0.39 is 5.97 Å². The molecule has 1 aliphatic rings. The molecule has 1 aromatic carbocycles. The largest absolute Gasteiger partial charge is 0.493 e. The maximum atomic E-state index is 12.0. The summed E-state index contributed by atoms with van der Waals surface area (Å²) < 4.78 is 12.2. The van der Waals surface area contributed by atoms with Crippen LogP contribution < -0.4 is 14.4 Å². The van der Waals surface area contributed by atoms with E-state index in [0.29, 0.717) is 29.6 Å². The molecule has 1 N–H and O–H groups in total. The lowest BCUT2D eigenvalue weighted by molar-refractivity contribution is -0.136. The van der Waals surface area contributed by atoms with Crippen molar-refractivity contribution in [2.75, 3.05) is 25.7 Å². The molecular weight excluding hydrogens is 314 g/mol. The third-order valence-electron chi connectivity index (χ3n) is 3.85. The van der Waals surface area contributed by atoms with Gasteiger partial charge in [0.15, 0.2) is 11.5 Å². The van der Waals surface area contributed by atoms with Crippen molar-refractivity contribution in [1.82, 2.24) is 9.78 Å². The summed E-state index contributed by atoms with van der Waals surface area (Å²) >= 11 is 0. The van der Waals surface area contributed by atoms with Crippen LogP contribution in [0.5, 0.6) is 11.5 Å². The number of aliphatic carboxylic acids is 1. The molecule has 0 atom stereocenters. The van der Waals surface area contributed by atoms with Gasteiger partial charge < -0.3 is 14.6 Å². The van der Waals surface area contributed by atoms with Crippen molar-refractivity contribution in [2.45, 2.75) is 13.0 Å². The SMILES string of the molecule is COc1ccc(-c2cc3n(n2)CCC(=O)N3CC(=O)O)cc1OC. The maximum Gasteiger partial charge on any atom is 0.323 e. The quantitative estimate of drug-likeness (QED) is 0.890. The first-order valence-electron chi connectivity index (χ1n) is 7.36. The Morgan fingerprint density at radius 3 is 2.67 bits per heavy atom. The summed E-state index contributed by atoms with van der Waals surface area (Å²) in [6.45, 7) is 0.0491. The van der Waals surface area contributed by atoms with Gasteiger partial charge >= 0.3 is 5.97 Å². The van der Waals surface area contributed by atoms with Crippen LogP contribution in [0, 0.1) is 0 Å². The summed E-state index contributed by atoms with van der Waals surface area (Å²) in [5.74, 6) is 0.375. The van der Waals surface area contributed by atoms with Gasteiger partial charge in [-0.3, -0.25) is 14.5 Å². The molecule has 0 aliphatic carbocycles. The van der Waals surface area contributed by atoms with Crippen molar-refractivity contribution >= 4 is 17.7 Å². The normalized spacial score (nSPS) is 13.6. The van der Waals surface area contributed by atoms with Crippen LogP contribution in [0.4, 0.5) is 5.82 Å². The fraction of sp³-hybridized carbons (Fsp3) is 0.312. The van der Waals surface area contributed by atoms with Crippen LogP contribution in [0.1, 0.15) is 6.42 Å². The lowest BCUT2D eigenvalue weighted by Gasteiger charge is -2.25. The van der Waals surface area contributed by atoms with Gasteiger partial charge in [-0.1, -0.05) is 0 Å². The van der Waals surface area contributed by atoms with E-state index in [0.717, 1.165) is 5.56 Å². The third-order valence-corrected chi connectivity index (χ3v) is 3.85. The molecule has 0 saturated heterocycles. The molecule has 0 spiro atoms. The predicted octanol–water partition coefficient (Wildman–Crippen LogP) is 1.39. The van der Waals surface area contributed by atoms with Crippen LogP contribution in [0.3, 0.4) is 0 Å². The Morgan fingerprint density at radius 2 is 2.00 bits per heavy atom. The van der Waals surface area contributed by atoms with E-state index in [2.05, 4.69) is 5.10 Å². The maximum absolute atomic E-state index is 12.0. The predicted molar refractivity (Wildman–Crippen MR) is 85.4 cm³/mol. The highest BCUT2D eigenvalue weighted by Gasteiger charge is 2.28. The van der Waals surface area contributed by atoms with Crippen molar-refractivity contribution < 1.29 is 24.2 Å². The van der Waals surface area contributed by atoms with E-state index in [4.69, 9.17) is 14.6 Å². The van der Waals surface area contributed by atoms with E-state index in [-0.39, 0.29) is 18.9 Å². The molecule has 0 radical (unpaired) electrons. The van der Waals surface area contributed by atoms with Gasteiger partial charge in [-0.2, -0.15) is 5.10 Å². The Morgan fingerprint density at radius 1 is 1.25 bits per heavy atom. The number of carbonyl (C=O) groups excluding carboxylic acids is 1. The summed E-state index contributed by atoms with van der Waals surface area (Å²) in [4.78, 5) is 24.2. The average Bonchev–Trinajstić information content (AvgIpc) is 3.01. The lowest BCUT2D eigenvalue weighted by Crippen LogP contribution is -2.40. The highest BCUT2D eigenvalue weighted by molar-refractivity contribution is 5.98. The number of aryl methyl sites for hydroxylation is 1. The minimum atomic E-state index is -1.06. The number of ether oxygens (including phenoxy) is 2. The molecule has 126 valence electrons. The minimum Gasteiger partial charge on any atom is -0.493 e. The molecule has 2 aromatic rings. The van der Waals surface area contributed by atoms with Crippen molar-refractivity contribution in [3.05, 3.63) is 24.3 Å². The zero-order valence-electron chi connectivity index (χ0n) is 13.4. The fourth-order valence-corrected chi connectivity index (χ4v) is 2.69. The number of carbonyl (C=O) groups is 2. The van der Waals surface area contributed by atoms with E-state index >= 15 is 0 Å². The van der Waals surface area contributed by atoms with Crippen molar-refractivity contribution in [3.63, 3.8) is 0 Å². The standard InChI is InChI=1S/C16H17N3O5/c1-23-12-4-3-10(7-13(12)24-2)11-8-14-18(9-16(21)22)15(20)5-6-19(14)17-11/h3-4,7-8H,5-6,9H2,1-2H3,(H,21,22). The first kappa shape index (κ1) is 15.9. The summed E-state index contributed by atoms with van der Waals surface area (Å²) in [5.41, 5.74) is 1.42. The highest BCUT2D eigenvalue weighted by atomic mass is 16.5. The van der Waals surface area contributed by atoms with Crippen LogP contribution in [0.25, 0.3) is 11.3 Å². The smallest absolute Gasteiger partial charge is 0.323 e. The Labute approximate surface area is 138 Å². The molecule has 8 nitrogen and oxygen atoms in total. The number of aromatic nitrogens is 2. The molecule has 8 heteroatoms. The second-order valence-corrected chi connectivity index (χ2v) is 5.30. The zero-order chi connectivity index (χ0) is 17.3. The molecule has 1 aromatic heterocycles. The Kier molecular flexibility index (Phi) is 4.11. The number of carboxylic acid groups (broad SMARTS) is 1. The first-order chi connectivity index (χ1) is 11.5. The summed E-state index contributed by atoms with van der Waals surface area (Å²) in [6, 6.07) is 7.10. The molecule has 2 heterocycles. The van der Waals surface area contributed by atoms with Gasteiger partial charge in [0.05, 0.1) is 26.5 Å². The van der Waals surface area contributed by atoms with E-state index in [1.54, 1.807) is 37.1 Å². The van der Waals surface area contributed by atoms with E-state index in [1.807, 2.05) is 6.07 Å². The van der Waals surface area contributed by atoms with Gasteiger partial charge in [0.2, 0.25) is 5.91 Å². The number of hydrogen-bond acceptors (Lipinski definition) is 5. The Bertz CT molecular complexity index is 799. The molecule has 3 rings (SSSR count). The monoisotopic (exact) mass is 331 g/mol. The highest BCUT2D eigenvalue weighted by Crippen LogP contribution is 2.34. The number of fused-ring (bicyclic) bond motifs is 1. The summed E-state index contributed by atoms with van der Waals surface area (Å²) in [6.07, 6.45) is 0.229. The van der Waals surface area contributed by atoms with E-state index in [1.165, 1.54) is 4.90 Å². The molecule has 0 unspecified atom stereocenters. The molecule has 0 bridgehead atoms.